The van der Waals surface area contributed by atoms with Crippen LogP contribution in [0.2, 0.25) is 0 Å². The number of amides is 1. The highest BCUT2D eigenvalue weighted by molar-refractivity contribution is 7.81. The van der Waals surface area contributed by atoms with Gasteiger partial charge in [-0.1, -0.05) is 31.9 Å². The van der Waals surface area contributed by atoms with Crippen LogP contribution in [0.3, 0.4) is 0 Å². The number of anilines is 3. The summed E-state index contributed by atoms with van der Waals surface area (Å²) in [6, 6.07) is 3.89. The van der Waals surface area contributed by atoms with E-state index in [2.05, 4.69) is 47.9 Å². The number of rotatable bonds is 6. The molecule has 1 unspecified atom stereocenters. The second kappa shape index (κ2) is 9.92. The molecule has 0 saturated heterocycles. The Balaban J connectivity index is 1.80. The van der Waals surface area contributed by atoms with Gasteiger partial charge in [0.25, 0.3) is 0 Å². The molecule has 0 spiro atoms. The van der Waals surface area contributed by atoms with Crippen molar-refractivity contribution < 1.29 is 4.79 Å². The van der Waals surface area contributed by atoms with Gasteiger partial charge in [-0.3, -0.25) is 4.79 Å². The van der Waals surface area contributed by atoms with Crippen molar-refractivity contribution in [2.24, 2.45) is 5.92 Å². The second-order valence-electron chi connectivity index (χ2n) is 7.93. The van der Waals surface area contributed by atoms with Gasteiger partial charge < -0.3 is 19.8 Å². The quantitative estimate of drug-likeness (QED) is 0.659. The summed E-state index contributed by atoms with van der Waals surface area (Å²) in [5.41, 5.74) is 11.3. The minimum absolute atomic E-state index is 0.0495. The molecule has 1 aliphatic carbocycles. The van der Waals surface area contributed by atoms with Crippen LogP contribution in [-0.4, -0.2) is 43.0 Å². The molecule has 0 saturated carbocycles. The highest BCUT2D eigenvalue weighted by Gasteiger charge is 2.26. The lowest BCUT2D eigenvalue weighted by Crippen LogP contribution is -2.35. The normalized spacial score (nSPS) is 18.5. The maximum atomic E-state index is 11.9. The highest BCUT2D eigenvalue weighted by atomic mass is 32.1. The number of allylic oxidation sites excluding steroid dienone is 4. The van der Waals surface area contributed by atoms with Crippen molar-refractivity contribution in [3.63, 3.8) is 0 Å². The van der Waals surface area contributed by atoms with E-state index in [1.165, 1.54) is 16.8 Å². The van der Waals surface area contributed by atoms with E-state index in [1.807, 2.05) is 26.2 Å². The lowest BCUT2D eigenvalue weighted by Gasteiger charge is -2.33. The lowest BCUT2D eigenvalue weighted by molar-refractivity contribution is -0.129. The first kappa shape index (κ1) is 22.8. The van der Waals surface area contributed by atoms with Crippen molar-refractivity contribution in [1.29, 1.82) is 5.26 Å². The van der Waals surface area contributed by atoms with Gasteiger partial charge in [0, 0.05) is 44.9 Å². The van der Waals surface area contributed by atoms with Gasteiger partial charge in [-0.05, 0) is 36.5 Å². The smallest absolute Gasteiger partial charge is 0.237 e. The third kappa shape index (κ3) is 5.05. The van der Waals surface area contributed by atoms with E-state index in [0.29, 0.717) is 24.7 Å². The number of hydrogen-bond donors (Lipinski definition) is 2. The Labute approximate surface area is 190 Å². The number of carbonyl (C=O) groups excluding carboxylic acids is 1. The Kier molecular flexibility index (Phi) is 7.29. The third-order valence-corrected chi connectivity index (χ3v) is 6.23. The average molecular weight is 439 g/mol. The summed E-state index contributed by atoms with van der Waals surface area (Å²) in [4.78, 5) is 20.3. The molecule has 0 aromatic carbocycles. The summed E-state index contributed by atoms with van der Waals surface area (Å²) < 4.78 is 1.69. The predicted octanol–water partition coefficient (Wildman–Crippen LogP) is 3.69. The molecule has 2 aliphatic rings. The molecule has 8 heteroatoms. The Morgan fingerprint density at radius 3 is 2.77 bits per heavy atom. The number of nitrogens with zero attached hydrogens (tertiary/aromatic N) is 5. The Bertz CT molecular complexity index is 975. The molecule has 2 N–H and O–H groups in total. The maximum Gasteiger partial charge on any atom is 0.237 e. The van der Waals surface area contributed by atoms with Crippen LogP contribution in [0.25, 0.3) is 0 Å². The van der Waals surface area contributed by atoms with E-state index in [-0.39, 0.29) is 12.3 Å². The molecule has 1 aromatic rings. The number of aromatic nitrogens is 1. The predicted molar refractivity (Wildman–Crippen MR) is 129 cm³/mol. The number of thiol groups is 1. The largest absolute Gasteiger partial charge is 0.396 e. The first-order valence-electron chi connectivity index (χ1n) is 10.5. The van der Waals surface area contributed by atoms with E-state index >= 15 is 0 Å². The van der Waals surface area contributed by atoms with Crippen LogP contribution in [0.1, 0.15) is 32.6 Å². The number of nitrogen functional groups attached to an aromatic ring is 1. The molecule has 1 amide bonds. The number of carbonyl (C=O) groups is 1. The van der Waals surface area contributed by atoms with Gasteiger partial charge in [-0.25, -0.2) is 4.98 Å². The minimum atomic E-state index is -0.0899. The summed E-state index contributed by atoms with van der Waals surface area (Å²) in [6.07, 6.45) is 10.9. The molecule has 31 heavy (non-hydrogen) atoms. The highest BCUT2D eigenvalue weighted by Crippen LogP contribution is 2.37. The zero-order valence-electron chi connectivity index (χ0n) is 18.4. The van der Waals surface area contributed by atoms with Crippen LogP contribution < -0.4 is 14.9 Å². The van der Waals surface area contributed by atoms with Crippen molar-refractivity contribution in [1.82, 2.24) is 9.88 Å². The first-order valence-corrected chi connectivity index (χ1v) is 10.9. The monoisotopic (exact) mass is 438 g/mol. The van der Waals surface area contributed by atoms with Crippen LogP contribution in [0.15, 0.2) is 47.3 Å². The summed E-state index contributed by atoms with van der Waals surface area (Å²) in [5, 5.41) is 8.74. The van der Waals surface area contributed by atoms with E-state index in [4.69, 9.17) is 11.0 Å². The first-order chi connectivity index (χ1) is 14.8. The van der Waals surface area contributed by atoms with Gasteiger partial charge in [0.15, 0.2) is 0 Å². The molecule has 2 heterocycles. The van der Waals surface area contributed by atoms with Crippen LogP contribution in [-0.2, 0) is 4.79 Å². The number of nitriles is 1. The summed E-state index contributed by atoms with van der Waals surface area (Å²) in [7, 11) is 3.88. The van der Waals surface area contributed by atoms with Crippen LogP contribution in [0.5, 0.6) is 0 Å². The summed E-state index contributed by atoms with van der Waals surface area (Å²) >= 11 is 4.37. The molecule has 7 nitrogen and oxygen atoms in total. The topological polar surface area (TPSA) is 89.5 Å². The van der Waals surface area contributed by atoms with Gasteiger partial charge in [0.2, 0.25) is 5.91 Å². The summed E-state index contributed by atoms with van der Waals surface area (Å²) in [5.74, 6) is 1.11. The molecule has 1 aromatic heterocycles. The van der Waals surface area contributed by atoms with E-state index in [0.717, 1.165) is 30.8 Å². The average Bonchev–Trinajstić information content (AvgIpc) is 2.78. The molecule has 1 aliphatic heterocycles. The lowest BCUT2D eigenvalue weighted by atomic mass is 9.83. The van der Waals surface area contributed by atoms with Crippen LogP contribution in [0, 0.1) is 17.2 Å². The SMILES string of the molecule is CCC1CC(C2=CCN(C(=O)CC#N)CC2)=CC=C1N(C)c1cc(N(C)S)c(N)cn1. The van der Waals surface area contributed by atoms with Crippen molar-refractivity contribution in [2.45, 2.75) is 32.6 Å². The van der Waals surface area contributed by atoms with Crippen molar-refractivity contribution in [3.05, 3.63) is 47.3 Å². The summed E-state index contributed by atoms with van der Waals surface area (Å²) in [6.45, 7) is 3.46. The van der Waals surface area contributed by atoms with Crippen molar-refractivity contribution in [2.75, 3.05) is 42.1 Å². The fourth-order valence-corrected chi connectivity index (χ4v) is 4.32. The molecular weight excluding hydrogens is 408 g/mol. The van der Waals surface area contributed by atoms with Gasteiger partial charge in [0.05, 0.1) is 23.6 Å². The molecule has 0 fully saturated rings. The molecular formula is C23H30N6OS. The molecule has 164 valence electrons. The minimum Gasteiger partial charge on any atom is -0.396 e. The number of hydrogen-bond acceptors (Lipinski definition) is 7. The van der Waals surface area contributed by atoms with Gasteiger partial charge >= 0.3 is 0 Å². The number of nitrogens with two attached hydrogens (primary N) is 1. The van der Waals surface area contributed by atoms with Crippen molar-refractivity contribution >= 4 is 35.9 Å². The molecule has 0 bridgehead atoms. The fraction of sp³-hybridized carbons (Fsp3) is 0.435. The van der Waals surface area contributed by atoms with Gasteiger partial charge in [-0.15, -0.1) is 0 Å². The molecule has 0 radical (unpaired) electrons. The standard InChI is InChI=1S/C23H30N6OS/c1-4-16-13-18(17-8-11-29(12-9-17)23(30)7-10-24)5-6-20(16)27(2)22-14-21(28(3)31)19(25)15-26-22/h5-6,8,14-16,31H,4,7,9,11-13,25H2,1-3H3. The Morgan fingerprint density at radius 1 is 1.39 bits per heavy atom. The fourth-order valence-electron chi connectivity index (χ4n) is 4.14. The van der Waals surface area contributed by atoms with E-state index < -0.39 is 0 Å². The zero-order chi connectivity index (χ0) is 22.5. The van der Waals surface area contributed by atoms with Gasteiger partial charge in [-0.2, -0.15) is 5.26 Å². The Hall–Kier alpha value is -2.92. The van der Waals surface area contributed by atoms with E-state index in [1.54, 1.807) is 15.4 Å². The third-order valence-electron chi connectivity index (χ3n) is 6.01. The van der Waals surface area contributed by atoms with Crippen LogP contribution >= 0.6 is 12.8 Å². The van der Waals surface area contributed by atoms with Crippen LogP contribution in [0.4, 0.5) is 17.2 Å². The van der Waals surface area contributed by atoms with E-state index in [9.17, 15) is 4.79 Å². The second-order valence-corrected chi connectivity index (χ2v) is 8.53. The zero-order valence-corrected chi connectivity index (χ0v) is 19.3. The number of pyridine rings is 1. The maximum absolute atomic E-state index is 11.9. The Morgan fingerprint density at radius 2 is 2.16 bits per heavy atom. The molecule has 1 atom stereocenters. The van der Waals surface area contributed by atoms with Crippen molar-refractivity contribution in [3.8, 4) is 6.07 Å². The van der Waals surface area contributed by atoms with Gasteiger partial charge in [0.1, 0.15) is 12.2 Å². The molecule has 3 rings (SSSR count).